The van der Waals surface area contributed by atoms with Crippen molar-refractivity contribution >= 4 is 0 Å². The van der Waals surface area contributed by atoms with Gasteiger partial charge in [0, 0.05) is 0 Å². The molecule has 0 aliphatic rings. The molecule has 2 unspecified atom stereocenters. The SMILES string of the molecule is C=CC(OC(C=C)C(F)(F)C(F)(F)C(F)(F)F)C(F)(F)C(F)(F)C(F)(F)F. The quantitative estimate of drug-likeness (QED) is 0.348. The molecule has 1 nitrogen and oxygen atoms in total. The Labute approximate surface area is 141 Å². The van der Waals surface area contributed by atoms with Crippen LogP contribution in [-0.2, 0) is 4.74 Å². The fourth-order valence-electron chi connectivity index (χ4n) is 1.47. The molecule has 0 fully saturated rings. The second-order valence-electron chi connectivity index (χ2n) is 4.84. The molecule has 0 spiro atoms. The van der Waals surface area contributed by atoms with Crippen molar-refractivity contribution in [1.82, 2.24) is 0 Å². The van der Waals surface area contributed by atoms with Crippen molar-refractivity contribution in [2.24, 2.45) is 0 Å². The van der Waals surface area contributed by atoms with Crippen molar-refractivity contribution < 1.29 is 66.2 Å². The van der Waals surface area contributed by atoms with Crippen molar-refractivity contribution in [3.05, 3.63) is 25.3 Å². The lowest BCUT2D eigenvalue weighted by Gasteiger charge is -2.37. The fourth-order valence-corrected chi connectivity index (χ4v) is 1.47. The number of ether oxygens (including phenoxy) is 1. The summed E-state index contributed by atoms with van der Waals surface area (Å²) in [4.78, 5) is 0. The number of hydrogen-bond acceptors (Lipinski definition) is 1. The van der Waals surface area contributed by atoms with Crippen LogP contribution in [0.3, 0.4) is 0 Å². The third-order valence-corrected chi connectivity index (χ3v) is 2.99. The molecule has 15 heteroatoms. The van der Waals surface area contributed by atoms with E-state index in [-0.39, 0.29) is 0 Å². The van der Waals surface area contributed by atoms with Crippen molar-refractivity contribution in [2.75, 3.05) is 0 Å². The van der Waals surface area contributed by atoms with E-state index in [1.165, 1.54) is 0 Å². The minimum atomic E-state index is -6.96. The fraction of sp³-hybridized carbons (Fsp3) is 0.667. The van der Waals surface area contributed by atoms with Gasteiger partial charge in [-0.2, -0.15) is 61.5 Å². The van der Waals surface area contributed by atoms with E-state index in [9.17, 15) is 61.5 Å². The van der Waals surface area contributed by atoms with Gasteiger partial charge in [0.2, 0.25) is 0 Å². The number of halogens is 14. The third-order valence-electron chi connectivity index (χ3n) is 2.99. The van der Waals surface area contributed by atoms with Crippen LogP contribution in [0.25, 0.3) is 0 Å². The molecule has 0 radical (unpaired) electrons. The maximum atomic E-state index is 13.4. The Morgan fingerprint density at radius 3 is 0.889 bits per heavy atom. The molecule has 0 aliphatic carbocycles. The maximum absolute atomic E-state index is 13.4. The predicted octanol–water partition coefficient (Wildman–Crippen LogP) is 5.78. The van der Waals surface area contributed by atoms with Gasteiger partial charge in [-0.25, -0.2) is 0 Å². The lowest BCUT2D eigenvalue weighted by atomic mass is 10.0. The molecular formula is C12H8F14O. The number of alkyl halides is 14. The van der Waals surface area contributed by atoms with Crippen LogP contribution in [0.15, 0.2) is 25.3 Å². The summed E-state index contributed by atoms with van der Waals surface area (Å²) in [7, 11) is 0. The monoisotopic (exact) mass is 434 g/mol. The van der Waals surface area contributed by atoms with Gasteiger partial charge >= 0.3 is 36.0 Å². The average Bonchev–Trinajstić information content (AvgIpc) is 2.44. The predicted molar refractivity (Wildman–Crippen MR) is 61.0 cm³/mol. The van der Waals surface area contributed by atoms with Crippen LogP contribution < -0.4 is 0 Å². The Bertz CT molecular complexity index is 495. The molecule has 0 N–H and O–H groups in total. The zero-order valence-electron chi connectivity index (χ0n) is 12.4. The van der Waals surface area contributed by atoms with Crippen LogP contribution in [0.5, 0.6) is 0 Å². The molecule has 0 saturated heterocycles. The Hall–Kier alpha value is -1.54. The molecule has 0 aromatic rings. The highest BCUT2D eigenvalue weighted by atomic mass is 19.4. The first kappa shape index (κ1) is 25.5. The Morgan fingerprint density at radius 1 is 0.519 bits per heavy atom. The molecule has 0 amide bonds. The minimum absolute atomic E-state index is 0.599. The van der Waals surface area contributed by atoms with E-state index in [0.29, 0.717) is 0 Å². The zero-order chi connectivity index (χ0) is 22.3. The van der Waals surface area contributed by atoms with E-state index < -0.39 is 60.4 Å². The van der Waals surface area contributed by atoms with Gasteiger partial charge in [0.1, 0.15) is 12.2 Å². The summed E-state index contributed by atoms with van der Waals surface area (Å²) in [5.41, 5.74) is 0. The lowest BCUT2D eigenvalue weighted by Crippen LogP contribution is -2.62. The number of hydrogen-bond donors (Lipinski definition) is 0. The molecular weight excluding hydrogens is 426 g/mol. The summed E-state index contributed by atoms with van der Waals surface area (Å²) in [6.07, 6.45) is -23.2. The molecule has 0 bridgehead atoms. The van der Waals surface area contributed by atoms with Crippen molar-refractivity contribution in [3.63, 3.8) is 0 Å². The molecule has 0 aromatic heterocycles. The van der Waals surface area contributed by atoms with Crippen LogP contribution >= 0.6 is 0 Å². The van der Waals surface area contributed by atoms with Gasteiger partial charge < -0.3 is 4.74 Å². The van der Waals surface area contributed by atoms with Crippen LogP contribution in [-0.4, -0.2) is 48.3 Å². The molecule has 0 aromatic carbocycles. The van der Waals surface area contributed by atoms with E-state index in [2.05, 4.69) is 17.9 Å². The van der Waals surface area contributed by atoms with E-state index in [1.54, 1.807) is 0 Å². The Morgan fingerprint density at radius 2 is 0.741 bits per heavy atom. The molecule has 160 valence electrons. The van der Waals surface area contributed by atoms with Crippen LogP contribution in [0.4, 0.5) is 61.5 Å². The van der Waals surface area contributed by atoms with Crippen molar-refractivity contribution in [3.8, 4) is 0 Å². The van der Waals surface area contributed by atoms with Crippen LogP contribution in [0.1, 0.15) is 0 Å². The lowest BCUT2D eigenvalue weighted by molar-refractivity contribution is -0.389. The molecule has 0 rings (SSSR count). The highest BCUT2D eigenvalue weighted by Gasteiger charge is 2.78. The molecule has 27 heavy (non-hydrogen) atoms. The first-order valence-corrected chi connectivity index (χ1v) is 6.18. The summed E-state index contributed by atoms with van der Waals surface area (Å²) in [6, 6.07) is 0. The van der Waals surface area contributed by atoms with Crippen LogP contribution in [0, 0.1) is 0 Å². The van der Waals surface area contributed by atoms with E-state index >= 15 is 0 Å². The minimum Gasteiger partial charge on any atom is -0.354 e. The molecule has 0 saturated carbocycles. The summed E-state index contributed by atoms with van der Waals surface area (Å²) in [6.45, 7) is 4.62. The van der Waals surface area contributed by atoms with Crippen molar-refractivity contribution in [1.29, 1.82) is 0 Å². The summed E-state index contributed by atoms with van der Waals surface area (Å²) < 4.78 is 181. The smallest absolute Gasteiger partial charge is 0.354 e. The highest BCUT2D eigenvalue weighted by molar-refractivity contribution is 5.08. The summed E-state index contributed by atoms with van der Waals surface area (Å²) >= 11 is 0. The van der Waals surface area contributed by atoms with Gasteiger partial charge in [0.05, 0.1) is 0 Å². The Balaban J connectivity index is 6.06. The average molecular weight is 434 g/mol. The van der Waals surface area contributed by atoms with Crippen molar-refractivity contribution in [2.45, 2.75) is 48.3 Å². The largest absolute Gasteiger partial charge is 0.459 e. The third kappa shape index (κ3) is 4.16. The van der Waals surface area contributed by atoms with E-state index in [4.69, 9.17) is 0 Å². The topological polar surface area (TPSA) is 9.23 Å². The zero-order valence-corrected chi connectivity index (χ0v) is 12.4. The van der Waals surface area contributed by atoms with Gasteiger partial charge in [0.15, 0.2) is 0 Å². The second kappa shape index (κ2) is 7.13. The first-order chi connectivity index (χ1) is 11.6. The van der Waals surface area contributed by atoms with E-state index in [0.717, 1.165) is 0 Å². The number of rotatable bonds is 8. The van der Waals surface area contributed by atoms with Gasteiger partial charge in [-0.3, -0.25) is 0 Å². The second-order valence-corrected chi connectivity index (χ2v) is 4.84. The molecule has 0 aliphatic heterocycles. The van der Waals surface area contributed by atoms with Crippen LogP contribution in [0.2, 0.25) is 0 Å². The van der Waals surface area contributed by atoms with Gasteiger partial charge in [0.25, 0.3) is 0 Å². The molecule has 0 heterocycles. The maximum Gasteiger partial charge on any atom is 0.459 e. The Kier molecular flexibility index (Phi) is 6.72. The normalized spacial score (nSPS) is 17.4. The standard InChI is InChI=1S/C12H8F14O/c1-3-5(7(13,14)9(17,18)11(21,22)23)27-6(4-2)8(15,16)10(19,20)12(24,25)26/h3-6H,1-2H2. The van der Waals surface area contributed by atoms with Gasteiger partial charge in [-0.15, -0.1) is 13.2 Å². The van der Waals surface area contributed by atoms with E-state index in [1.807, 2.05) is 0 Å². The van der Waals surface area contributed by atoms with Gasteiger partial charge in [-0.1, -0.05) is 12.2 Å². The summed E-state index contributed by atoms with van der Waals surface area (Å²) in [5.74, 6) is -26.7. The van der Waals surface area contributed by atoms with Gasteiger partial charge in [-0.05, 0) is 0 Å². The first-order valence-electron chi connectivity index (χ1n) is 6.18. The highest BCUT2D eigenvalue weighted by Crippen LogP contribution is 2.52. The molecule has 2 atom stereocenters. The summed E-state index contributed by atoms with van der Waals surface area (Å²) in [5, 5.41) is 0.